The predicted octanol–water partition coefficient (Wildman–Crippen LogP) is 2.84. The van der Waals surface area contributed by atoms with Gasteiger partial charge in [0.15, 0.2) is 27.8 Å². The SMILES string of the molecule is CCOC(=O)C1=C(C)N=c2s/c(=C\c3cc4c(cc3[N+](=O)[O-])OCO4)c(=O)n2[C@H]1c1ccc(OC)c(OCC)c1. The van der Waals surface area contributed by atoms with Gasteiger partial charge < -0.3 is 23.7 Å². The molecular weight excluding hydrogens is 542 g/mol. The molecule has 12 nitrogen and oxygen atoms in total. The van der Waals surface area contributed by atoms with Gasteiger partial charge in [0.05, 0.1) is 58.7 Å². The van der Waals surface area contributed by atoms with Gasteiger partial charge in [0, 0.05) is 0 Å². The van der Waals surface area contributed by atoms with Crippen molar-refractivity contribution in [3.63, 3.8) is 0 Å². The molecule has 0 amide bonds. The fourth-order valence-electron chi connectivity index (χ4n) is 4.60. The Hall–Kier alpha value is -4.65. The fourth-order valence-corrected chi connectivity index (χ4v) is 5.64. The van der Waals surface area contributed by atoms with Gasteiger partial charge in [0.2, 0.25) is 6.79 Å². The van der Waals surface area contributed by atoms with Crippen LogP contribution in [0.1, 0.15) is 37.9 Å². The van der Waals surface area contributed by atoms with Gasteiger partial charge in [-0.1, -0.05) is 17.4 Å². The second-order valence-corrected chi connectivity index (χ2v) is 9.68. The second kappa shape index (κ2) is 10.8. The number of carbonyl (C=O) groups is 1. The van der Waals surface area contributed by atoms with Crippen molar-refractivity contribution in [1.29, 1.82) is 0 Å². The highest BCUT2D eigenvalue weighted by molar-refractivity contribution is 7.07. The van der Waals surface area contributed by atoms with Crippen LogP contribution in [-0.4, -0.2) is 42.6 Å². The maximum Gasteiger partial charge on any atom is 0.338 e. The number of aromatic nitrogens is 1. The van der Waals surface area contributed by atoms with Crippen LogP contribution in [0.4, 0.5) is 5.69 Å². The largest absolute Gasteiger partial charge is 0.493 e. The molecule has 0 aliphatic carbocycles. The Labute approximate surface area is 231 Å². The van der Waals surface area contributed by atoms with Crippen molar-refractivity contribution in [2.45, 2.75) is 26.8 Å². The first-order valence-corrected chi connectivity index (χ1v) is 13.2. The van der Waals surface area contributed by atoms with Gasteiger partial charge in [-0.2, -0.15) is 0 Å². The molecule has 2 aliphatic heterocycles. The molecule has 5 rings (SSSR count). The van der Waals surface area contributed by atoms with Crippen molar-refractivity contribution < 1.29 is 33.4 Å². The third kappa shape index (κ3) is 4.68. The maximum absolute atomic E-state index is 13.9. The zero-order valence-corrected chi connectivity index (χ0v) is 22.9. The number of nitro benzene ring substituents is 1. The van der Waals surface area contributed by atoms with Crippen LogP contribution in [0, 0.1) is 10.1 Å². The molecule has 0 spiro atoms. The molecule has 1 atom stereocenters. The lowest BCUT2D eigenvalue weighted by molar-refractivity contribution is -0.385. The maximum atomic E-state index is 13.9. The van der Waals surface area contributed by atoms with Crippen molar-refractivity contribution in [2.24, 2.45) is 4.99 Å². The number of carbonyl (C=O) groups excluding carboxylic acids is 1. The van der Waals surface area contributed by atoms with Crippen LogP contribution in [0.15, 0.2) is 51.4 Å². The molecule has 208 valence electrons. The van der Waals surface area contributed by atoms with E-state index in [1.807, 2.05) is 6.92 Å². The summed E-state index contributed by atoms with van der Waals surface area (Å²) in [5.74, 6) is 0.919. The van der Waals surface area contributed by atoms with Crippen molar-refractivity contribution in [2.75, 3.05) is 27.1 Å². The minimum absolute atomic E-state index is 0.0559. The van der Waals surface area contributed by atoms with E-state index in [4.69, 9.17) is 23.7 Å². The molecule has 40 heavy (non-hydrogen) atoms. The normalized spacial score (nSPS) is 15.9. The van der Waals surface area contributed by atoms with Crippen LogP contribution in [-0.2, 0) is 9.53 Å². The lowest BCUT2D eigenvalue weighted by Crippen LogP contribution is -2.40. The Kier molecular flexibility index (Phi) is 7.30. The van der Waals surface area contributed by atoms with Crippen LogP contribution in [0.5, 0.6) is 23.0 Å². The van der Waals surface area contributed by atoms with E-state index in [0.717, 1.165) is 11.3 Å². The Morgan fingerprint density at radius 3 is 2.62 bits per heavy atom. The molecule has 0 unspecified atom stereocenters. The van der Waals surface area contributed by atoms with E-state index in [1.54, 1.807) is 32.0 Å². The Bertz CT molecular complexity index is 1740. The molecule has 2 aromatic carbocycles. The first kappa shape index (κ1) is 26.9. The predicted molar refractivity (Wildman–Crippen MR) is 144 cm³/mol. The number of hydrogen-bond donors (Lipinski definition) is 0. The van der Waals surface area contributed by atoms with Gasteiger partial charge in [-0.15, -0.1) is 0 Å². The summed E-state index contributed by atoms with van der Waals surface area (Å²) in [7, 11) is 1.52. The van der Waals surface area contributed by atoms with Crippen LogP contribution < -0.4 is 33.8 Å². The van der Waals surface area contributed by atoms with Crippen molar-refractivity contribution >= 4 is 29.1 Å². The molecule has 3 aromatic rings. The van der Waals surface area contributed by atoms with Gasteiger partial charge in [-0.05, 0) is 50.6 Å². The number of thiazole rings is 1. The molecule has 0 N–H and O–H groups in total. The number of methoxy groups -OCH3 is 1. The number of nitro groups is 1. The summed E-state index contributed by atoms with van der Waals surface area (Å²) in [6.07, 6.45) is 1.42. The number of benzene rings is 2. The Balaban J connectivity index is 1.74. The minimum atomic E-state index is -0.894. The number of rotatable bonds is 8. The highest BCUT2D eigenvalue weighted by atomic mass is 32.1. The van der Waals surface area contributed by atoms with E-state index in [1.165, 1.54) is 29.9 Å². The minimum Gasteiger partial charge on any atom is -0.493 e. The lowest BCUT2D eigenvalue weighted by Gasteiger charge is -2.25. The fraction of sp³-hybridized carbons (Fsp3) is 0.296. The van der Waals surface area contributed by atoms with Gasteiger partial charge in [-0.3, -0.25) is 19.5 Å². The summed E-state index contributed by atoms with van der Waals surface area (Å²) in [6, 6.07) is 6.99. The van der Waals surface area contributed by atoms with E-state index >= 15 is 0 Å². The number of nitrogens with zero attached hydrogens (tertiary/aromatic N) is 3. The Morgan fingerprint density at radius 1 is 1.20 bits per heavy atom. The number of fused-ring (bicyclic) bond motifs is 2. The monoisotopic (exact) mass is 567 g/mol. The number of allylic oxidation sites excluding steroid dienone is 1. The molecular formula is C27H25N3O9S. The summed E-state index contributed by atoms with van der Waals surface area (Å²) in [5.41, 5.74) is 0.598. The molecule has 0 saturated carbocycles. The van der Waals surface area contributed by atoms with Gasteiger partial charge >= 0.3 is 5.97 Å². The lowest BCUT2D eigenvalue weighted by atomic mass is 9.95. The highest BCUT2D eigenvalue weighted by Crippen LogP contribution is 2.39. The third-order valence-corrected chi connectivity index (χ3v) is 7.31. The smallest absolute Gasteiger partial charge is 0.338 e. The molecule has 3 heterocycles. The van der Waals surface area contributed by atoms with Crippen molar-refractivity contribution in [1.82, 2.24) is 4.57 Å². The highest BCUT2D eigenvalue weighted by Gasteiger charge is 2.34. The number of ether oxygens (including phenoxy) is 5. The van der Waals surface area contributed by atoms with E-state index in [9.17, 15) is 19.7 Å². The quantitative estimate of drug-likeness (QED) is 0.228. The van der Waals surface area contributed by atoms with Gasteiger partial charge in [-0.25, -0.2) is 9.79 Å². The van der Waals surface area contributed by atoms with Crippen LogP contribution in [0.25, 0.3) is 6.08 Å². The second-order valence-electron chi connectivity index (χ2n) is 8.67. The van der Waals surface area contributed by atoms with E-state index < -0.39 is 22.5 Å². The zero-order chi connectivity index (χ0) is 28.6. The average molecular weight is 568 g/mol. The molecule has 0 bridgehead atoms. The van der Waals surface area contributed by atoms with Gasteiger partial charge in [0.25, 0.3) is 11.2 Å². The molecule has 0 fully saturated rings. The molecule has 0 radical (unpaired) electrons. The summed E-state index contributed by atoms with van der Waals surface area (Å²) in [4.78, 5) is 43.2. The van der Waals surface area contributed by atoms with Crippen LogP contribution >= 0.6 is 11.3 Å². The molecule has 1 aromatic heterocycles. The summed E-state index contributed by atoms with van der Waals surface area (Å²) in [5, 5.41) is 11.8. The molecule has 13 heteroatoms. The standard InChI is InChI=1S/C27H25N3O9S/c1-5-36-19-9-15(7-8-18(19)35-4)24-23(26(32)37-6-2)14(3)28-27-29(24)25(31)22(40-27)11-16-10-20-21(39-13-38-20)12-17(16)30(33)34/h7-12,24H,5-6,13H2,1-4H3/b22-11-/t24-/m0/s1. The summed E-state index contributed by atoms with van der Waals surface area (Å²) >= 11 is 1.05. The van der Waals surface area contributed by atoms with Gasteiger partial charge in [0.1, 0.15) is 0 Å². The molecule has 2 aliphatic rings. The first-order chi connectivity index (χ1) is 19.3. The zero-order valence-electron chi connectivity index (χ0n) is 22.1. The third-order valence-electron chi connectivity index (χ3n) is 6.33. The van der Waals surface area contributed by atoms with Crippen LogP contribution in [0.2, 0.25) is 0 Å². The first-order valence-electron chi connectivity index (χ1n) is 12.4. The van der Waals surface area contributed by atoms with E-state index in [2.05, 4.69) is 4.99 Å². The molecule has 0 saturated heterocycles. The number of hydrogen-bond acceptors (Lipinski definition) is 11. The Morgan fingerprint density at radius 2 is 1.95 bits per heavy atom. The summed E-state index contributed by atoms with van der Waals surface area (Å²) < 4.78 is 28.7. The van der Waals surface area contributed by atoms with E-state index in [0.29, 0.717) is 39.9 Å². The van der Waals surface area contributed by atoms with Crippen molar-refractivity contribution in [3.8, 4) is 23.0 Å². The van der Waals surface area contributed by atoms with Crippen LogP contribution in [0.3, 0.4) is 0 Å². The summed E-state index contributed by atoms with van der Waals surface area (Å²) in [6.45, 7) is 5.64. The van der Waals surface area contributed by atoms with E-state index in [-0.39, 0.29) is 40.5 Å². The number of esters is 1. The topological polar surface area (TPSA) is 141 Å². The van der Waals surface area contributed by atoms with Crippen molar-refractivity contribution in [3.05, 3.63) is 82.5 Å². The average Bonchev–Trinajstić information content (AvgIpc) is 3.51.